The number of nitro benzene ring substituents is 1. The van der Waals surface area contributed by atoms with Gasteiger partial charge in [0.2, 0.25) is 0 Å². The van der Waals surface area contributed by atoms with Crippen molar-refractivity contribution < 1.29 is 9.72 Å². The normalized spacial score (nSPS) is 10.0. The van der Waals surface area contributed by atoms with Gasteiger partial charge in [-0.3, -0.25) is 14.9 Å². The topological polar surface area (TPSA) is 112 Å². The van der Waals surface area contributed by atoms with Gasteiger partial charge in [0.25, 0.3) is 11.6 Å². The van der Waals surface area contributed by atoms with Crippen molar-refractivity contribution in [2.24, 2.45) is 5.73 Å². The van der Waals surface area contributed by atoms with E-state index in [0.717, 1.165) is 6.07 Å². The second kappa shape index (κ2) is 3.85. The van der Waals surface area contributed by atoms with Crippen LogP contribution < -0.4 is 11.5 Å². The lowest BCUT2D eigenvalue weighted by atomic mass is 10.1. The Morgan fingerprint density at radius 1 is 1.60 bits per heavy atom. The van der Waals surface area contributed by atoms with Gasteiger partial charge in [-0.2, -0.15) is 0 Å². The van der Waals surface area contributed by atoms with Crippen molar-refractivity contribution in [2.75, 3.05) is 5.73 Å². The lowest BCUT2D eigenvalue weighted by Gasteiger charge is -2.07. The molecular formula is C8H8BrN3O3. The zero-order valence-corrected chi connectivity index (χ0v) is 9.37. The van der Waals surface area contributed by atoms with E-state index in [4.69, 9.17) is 11.5 Å². The van der Waals surface area contributed by atoms with Crippen molar-refractivity contribution in [3.8, 4) is 0 Å². The molecule has 0 unspecified atom stereocenters. The molecule has 0 aliphatic carbocycles. The molecule has 0 spiro atoms. The van der Waals surface area contributed by atoms with Gasteiger partial charge in [0.1, 0.15) is 0 Å². The van der Waals surface area contributed by atoms with Crippen LogP contribution in [0, 0.1) is 17.0 Å². The van der Waals surface area contributed by atoms with Gasteiger partial charge in [0.05, 0.1) is 20.6 Å². The van der Waals surface area contributed by atoms with Gasteiger partial charge in [-0.05, 0) is 22.9 Å². The molecule has 1 aromatic rings. The average molecular weight is 274 g/mol. The summed E-state index contributed by atoms with van der Waals surface area (Å²) in [6.07, 6.45) is 0. The van der Waals surface area contributed by atoms with Crippen LogP contribution in [-0.2, 0) is 0 Å². The number of hydrogen-bond donors (Lipinski definition) is 2. The molecule has 0 aromatic heterocycles. The van der Waals surface area contributed by atoms with Gasteiger partial charge in [0.15, 0.2) is 0 Å². The van der Waals surface area contributed by atoms with Crippen LogP contribution in [0.25, 0.3) is 0 Å². The number of carbonyl (C=O) groups is 1. The van der Waals surface area contributed by atoms with Gasteiger partial charge in [0, 0.05) is 11.6 Å². The maximum absolute atomic E-state index is 11.0. The van der Waals surface area contributed by atoms with E-state index in [1.807, 2.05) is 0 Å². The second-order valence-corrected chi connectivity index (χ2v) is 3.71. The number of benzene rings is 1. The van der Waals surface area contributed by atoms with Crippen molar-refractivity contribution in [1.29, 1.82) is 0 Å². The number of carbonyl (C=O) groups excluding carboxylic acids is 1. The molecule has 1 amide bonds. The molecule has 15 heavy (non-hydrogen) atoms. The van der Waals surface area contributed by atoms with Gasteiger partial charge in [-0.15, -0.1) is 0 Å². The fourth-order valence-electron chi connectivity index (χ4n) is 1.15. The highest BCUT2D eigenvalue weighted by Crippen LogP contribution is 2.33. The Balaban J connectivity index is 3.59. The predicted octanol–water partition coefficient (Wildman–Crippen LogP) is 1.35. The van der Waals surface area contributed by atoms with Crippen molar-refractivity contribution >= 4 is 33.2 Å². The molecule has 0 saturated heterocycles. The number of nitrogens with two attached hydrogens (primary N) is 2. The zero-order chi connectivity index (χ0) is 11.7. The zero-order valence-electron chi connectivity index (χ0n) is 7.78. The minimum absolute atomic E-state index is 0.0563. The molecular weight excluding hydrogens is 266 g/mol. The summed E-state index contributed by atoms with van der Waals surface area (Å²) >= 11 is 3.08. The average Bonchev–Trinajstić information content (AvgIpc) is 2.13. The van der Waals surface area contributed by atoms with Crippen LogP contribution in [-0.4, -0.2) is 10.8 Å². The molecule has 1 aromatic carbocycles. The lowest BCUT2D eigenvalue weighted by Crippen LogP contribution is -2.15. The Morgan fingerprint density at radius 3 is 2.53 bits per heavy atom. The summed E-state index contributed by atoms with van der Waals surface area (Å²) in [6.45, 7) is 1.53. The van der Waals surface area contributed by atoms with Crippen LogP contribution in [0.3, 0.4) is 0 Å². The number of hydrogen-bond acceptors (Lipinski definition) is 4. The van der Waals surface area contributed by atoms with E-state index in [0.29, 0.717) is 10.0 Å². The first-order valence-electron chi connectivity index (χ1n) is 3.89. The van der Waals surface area contributed by atoms with Crippen LogP contribution in [0.2, 0.25) is 0 Å². The van der Waals surface area contributed by atoms with Gasteiger partial charge in [-0.25, -0.2) is 0 Å². The van der Waals surface area contributed by atoms with Crippen LogP contribution in [0.4, 0.5) is 11.4 Å². The molecule has 0 atom stereocenters. The minimum atomic E-state index is -0.795. The summed E-state index contributed by atoms with van der Waals surface area (Å²) in [6, 6.07) is 1.08. The quantitative estimate of drug-likeness (QED) is 0.481. The number of anilines is 1. The summed E-state index contributed by atoms with van der Waals surface area (Å²) in [7, 11) is 0. The summed E-state index contributed by atoms with van der Waals surface area (Å²) in [5, 5.41) is 10.7. The van der Waals surface area contributed by atoms with Gasteiger partial charge >= 0.3 is 0 Å². The number of amides is 1. The van der Waals surface area contributed by atoms with E-state index in [-0.39, 0.29) is 16.9 Å². The van der Waals surface area contributed by atoms with E-state index >= 15 is 0 Å². The fraction of sp³-hybridized carbons (Fsp3) is 0.125. The van der Waals surface area contributed by atoms with E-state index in [1.165, 1.54) is 6.92 Å². The SMILES string of the molecule is Cc1c([N+](=O)[O-])cc(C(N)=O)c(N)c1Br. The monoisotopic (exact) mass is 273 g/mol. The molecule has 0 aliphatic rings. The minimum Gasteiger partial charge on any atom is -0.397 e. The van der Waals surface area contributed by atoms with E-state index in [1.54, 1.807) is 0 Å². The molecule has 0 aliphatic heterocycles. The van der Waals surface area contributed by atoms with E-state index < -0.39 is 10.8 Å². The Kier molecular flexibility index (Phi) is 2.94. The first-order chi connectivity index (χ1) is 6.86. The van der Waals surface area contributed by atoms with Crippen molar-refractivity contribution in [3.63, 3.8) is 0 Å². The van der Waals surface area contributed by atoms with Crippen LogP contribution >= 0.6 is 15.9 Å². The van der Waals surface area contributed by atoms with Crippen molar-refractivity contribution in [2.45, 2.75) is 6.92 Å². The summed E-state index contributed by atoms with van der Waals surface area (Å²) in [5.74, 6) is -0.795. The third-order valence-corrected chi connectivity index (χ3v) is 3.01. The molecule has 0 saturated carbocycles. The highest BCUT2D eigenvalue weighted by Gasteiger charge is 2.21. The number of nitrogen functional groups attached to an aromatic ring is 1. The molecule has 1 rings (SSSR count). The smallest absolute Gasteiger partial charge is 0.274 e. The number of halogens is 1. The Hall–Kier alpha value is -1.63. The maximum Gasteiger partial charge on any atom is 0.274 e. The van der Waals surface area contributed by atoms with Crippen molar-refractivity contribution in [1.82, 2.24) is 0 Å². The highest BCUT2D eigenvalue weighted by atomic mass is 79.9. The Bertz CT molecular complexity index is 421. The highest BCUT2D eigenvalue weighted by molar-refractivity contribution is 9.10. The van der Waals surface area contributed by atoms with Gasteiger partial charge in [-0.1, -0.05) is 0 Å². The first kappa shape index (κ1) is 11.4. The summed E-state index contributed by atoms with van der Waals surface area (Å²) in [4.78, 5) is 21.0. The number of rotatable bonds is 2. The fourth-order valence-corrected chi connectivity index (χ4v) is 1.57. The third kappa shape index (κ3) is 1.91. The standard InChI is InChI=1S/C8H8BrN3O3/c1-3-5(12(14)15)2-4(8(11)13)7(10)6(3)9/h2H,10H2,1H3,(H2,11,13). The Labute approximate surface area is 93.5 Å². The summed E-state index contributed by atoms with van der Waals surface area (Å²) in [5.41, 5.74) is 10.9. The van der Waals surface area contributed by atoms with Crippen LogP contribution in [0.1, 0.15) is 15.9 Å². The lowest BCUT2D eigenvalue weighted by molar-refractivity contribution is -0.385. The number of nitro groups is 1. The summed E-state index contributed by atoms with van der Waals surface area (Å²) < 4.78 is 0.325. The Morgan fingerprint density at radius 2 is 2.13 bits per heavy atom. The molecule has 0 heterocycles. The van der Waals surface area contributed by atoms with Gasteiger partial charge < -0.3 is 11.5 Å². The van der Waals surface area contributed by atoms with Crippen molar-refractivity contribution in [3.05, 3.63) is 31.8 Å². The molecule has 7 heteroatoms. The maximum atomic E-state index is 11.0. The molecule has 6 nitrogen and oxygen atoms in total. The largest absolute Gasteiger partial charge is 0.397 e. The molecule has 0 radical (unpaired) electrons. The van der Waals surface area contributed by atoms with Crippen LogP contribution in [0.15, 0.2) is 10.5 Å². The van der Waals surface area contributed by atoms with Crippen LogP contribution in [0.5, 0.6) is 0 Å². The number of primary amides is 1. The third-order valence-electron chi connectivity index (χ3n) is 1.98. The molecule has 4 N–H and O–H groups in total. The second-order valence-electron chi connectivity index (χ2n) is 2.92. The molecule has 80 valence electrons. The molecule has 0 fully saturated rings. The van der Waals surface area contributed by atoms with E-state index in [9.17, 15) is 14.9 Å². The first-order valence-corrected chi connectivity index (χ1v) is 4.68. The van der Waals surface area contributed by atoms with E-state index in [2.05, 4.69) is 15.9 Å². The predicted molar refractivity (Wildman–Crippen MR) is 58.5 cm³/mol. The molecule has 0 bridgehead atoms. The number of nitrogens with zero attached hydrogens (tertiary/aromatic N) is 1.